The molecule has 32 heavy (non-hydrogen) atoms. The Balaban J connectivity index is 1.51. The molecule has 0 aromatic heterocycles. The van der Waals surface area contributed by atoms with Crippen molar-refractivity contribution in [1.82, 2.24) is 10.2 Å². The zero-order valence-electron chi connectivity index (χ0n) is 17.7. The number of hydrogen-bond acceptors (Lipinski definition) is 3. The third-order valence-corrected chi connectivity index (χ3v) is 6.22. The first kappa shape index (κ1) is 20.2. The summed E-state index contributed by atoms with van der Waals surface area (Å²) < 4.78 is 19.5. The molecule has 5 nitrogen and oxygen atoms in total. The fraction of sp³-hybridized carbons (Fsp3) is 0.231. The van der Waals surface area contributed by atoms with Crippen molar-refractivity contribution >= 4 is 11.8 Å². The van der Waals surface area contributed by atoms with Crippen LogP contribution in [0, 0.1) is 5.82 Å². The van der Waals surface area contributed by atoms with Crippen molar-refractivity contribution in [3.63, 3.8) is 0 Å². The SMILES string of the molecule is CNC(=O)C1c2cc(-c3cccc(C(=O)N4CCC4)c3)ccc2OC1c1ccc(F)cc1. The summed E-state index contributed by atoms with van der Waals surface area (Å²) in [5, 5.41) is 2.72. The minimum atomic E-state index is -0.564. The predicted octanol–water partition coefficient (Wildman–Crippen LogP) is 4.30. The number of amides is 2. The van der Waals surface area contributed by atoms with Crippen molar-refractivity contribution in [3.8, 4) is 16.9 Å². The van der Waals surface area contributed by atoms with Crippen LogP contribution in [0.4, 0.5) is 4.39 Å². The molecule has 0 bridgehead atoms. The summed E-state index contributed by atoms with van der Waals surface area (Å²) in [4.78, 5) is 27.3. The highest BCUT2D eigenvalue weighted by molar-refractivity contribution is 5.96. The Hall–Kier alpha value is -3.67. The van der Waals surface area contributed by atoms with Crippen LogP contribution in [0.1, 0.15) is 39.9 Å². The zero-order chi connectivity index (χ0) is 22.2. The fourth-order valence-corrected chi connectivity index (χ4v) is 4.33. The van der Waals surface area contributed by atoms with E-state index in [1.165, 1.54) is 12.1 Å². The second-order valence-corrected chi connectivity index (χ2v) is 8.16. The first-order chi connectivity index (χ1) is 15.5. The van der Waals surface area contributed by atoms with Gasteiger partial charge in [-0.3, -0.25) is 9.59 Å². The summed E-state index contributed by atoms with van der Waals surface area (Å²) in [6, 6.07) is 19.3. The molecule has 2 unspecified atom stereocenters. The molecular weight excluding hydrogens is 407 g/mol. The Bertz CT molecular complexity index is 1190. The predicted molar refractivity (Wildman–Crippen MR) is 119 cm³/mol. The van der Waals surface area contributed by atoms with Gasteiger partial charge in [0.2, 0.25) is 5.91 Å². The summed E-state index contributed by atoms with van der Waals surface area (Å²) in [6.45, 7) is 1.61. The number of nitrogens with one attached hydrogen (secondary N) is 1. The van der Waals surface area contributed by atoms with Gasteiger partial charge >= 0.3 is 0 Å². The third-order valence-electron chi connectivity index (χ3n) is 6.22. The van der Waals surface area contributed by atoms with Gasteiger partial charge in [0.1, 0.15) is 23.6 Å². The van der Waals surface area contributed by atoms with Gasteiger partial charge in [-0.25, -0.2) is 4.39 Å². The number of likely N-dealkylation sites (tertiary alicyclic amines) is 1. The van der Waals surface area contributed by atoms with E-state index in [0.29, 0.717) is 11.3 Å². The maximum absolute atomic E-state index is 13.4. The lowest BCUT2D eigenvalue weighted by molar-refractivity contribution is -0.123. The third kappa shape index (κ3) is 3.51. The van der Waals surface area contributed by atoms with Crippen molar-refractivity contribution in [2.45, 2.75) is 18.4 Å². The van der Waals surface area contributed by atoms with E-state index in [-0.39, 0.29) is 17.6 Å². The van der Waals surface area contributed by atoms with Gasteiger partial charge < -0.3 is 15.0 Å². The van der Waals surface area contributed by atoms with E-state index in [1.54, 1.807) is 19.2 Å². The standard InChI is InChI=1S/C26H23FN2O3/c1-28-25(30)23-21-15-18(17-4-2-5-19(14-17)26(31)29-12-3-13-29)8-11-22(21)32-24(23)16-6-9-20(27)10-7-16/h2,4-11,14-15,23-24H,3,12-13H2,1H3,(H,28,30). The highest BCUT2D eigenvalue weighted by atomic mass is 19.1. The molecule has 2 heterocycles. The lowest BCUT2D eigenvalue weighted by Gasteiger charge is -2.31. The highest BCUT2D eigenvalue weighted by Crippen LogP contribution is 2.47. The maximum Gasteiger partial charge on any atom is 0.253 e. The van der Waals surface area contributed by atoms with Gasteiger partial charge in [0.15, 0.2) is 0 Å². The molecule has 3 aromatic carbocycles. The van der Waals surface area contributed by atoms with E-state index in [0.717, 1.165) is 41.8 Å². The second kappa shape index (κ2) is 8.11. The molecule has 0 radical (unpaired) electrons. The van der Waals surface area contributed by atoms with Gasteiger partial charge in [0, 0.05) is 31.3 Å². The van der Waals surface area contributed by atoms with Crippen LogP contribution in [0.25, 0.3) is 11.1 Å². The number of carbonyl (C=O) groups is 2. The Morgan fingerprint density at radius 2 is 1.75 bits per heavy atom. The van der Waals surface area contributed by atoms with E-state index in [1.807, 2.05) is 47.4 Å². The first-order valence-corrected chi connectivity index (χ1v) is 10.7. The number of ether oxygens (including phenoxy) is 1. The largest absolute Gasteiger partial charge is 0.484 e. The molecular formula is C26H23FN2O3. The minimum Gasteiger partial charge on any atom is -0.484 e. The number of likely N-dealkylation sites (N-methyl/N-ethyl adjacent to an activating group) is 1. The van der Waals surface area contributed by atoms with Gasteiger partial charge in [-0.1, -0.05) is 30.3 Å². The van der Waals surface area contributed by atoms with Crippen molar-refractivity contribution in [2.75, 3.05) is 20.1 Å². The van der Waals surface area contributed by atoms with Crippen molar-refractivity contribution < 1.29 is 18.7 Å². The molecule has 5 rings (SSSR count). The molecule has 0 aliphatic carbocycles. The highest BCUT2D eigenvalue weighted by Gasteiger charge is 2.40. The molecule has 6 heteroatoms. The van der Waals surface area contributed by atoms with E-state index in [9.17, 15) is 14.0 Å². The minimum absolute atomic E-state index is 0.0437. The first-order valence-electron chi connectivity index (χ1n) is 10.7. The Morgan fingerprint density at radius 3 is 2.44 bits per heavy atom. The smallest absolute Gasteiger partial charge is 0.253 e. The number of halogens is 1. The van der Waals surface area contributed by atoms with Crippen LogP contribution in [0.5, 0.6) is 5.75 Å². The molecule has 162 valence electrons. The molecule has 2 aliphatic rings. The average molecular weight is 430 g/mol. The Labute approximate surface area is 185 Å². The van der Waals surface area contributed by atoms with E-state index < -0.39 is 12.0 Å². The molecule has 1 N–H and O–H groups in total. The normalized spacial score (nSPS) is 19.0. The quantitative estimate of drug-likeness (QED) is 0.671. The van der Waals surface area contributed by atoms with Crippen LogP contribution in [-0.4, -0.2) is 36.9 Å². The van der Waals surface area contributed by atoms with E-state index in [4.69, 9.17) is 4.74 Å². The summed E-state index contributed by atoms with van der Waals surface area (Å²) >= 11 is 0. The maximum atomic E-state index is 13.4. The fourth-order valence-electron chi connectivity index (χ4n) is 4.33. The van der Waals surface area contributed by atoms with Crippen LogP contribution in [0.3, 0.4) is 0 Å². The number of carbonyl (C=O) groups excluding carboxylic acids is 2. The molecule has 2 amide bonds. The number of benzene rings is 3. The van der Waals surface area contributed by atoms with E-state index in [2.05, 4.69) is 5.32 Å². The molecule has 0 spiro atoms. The van der Waals surface area contributed by atoms with Crippen molar-refractivity contribution in [1.29, 1.82) is 0 Å². The number of hydrogen-bond donors (Lipinski definition) is 1. The topological polar surface area (TPSA) is 58.6 Å². The van der Waals surface area contributed by atoms with Crippen LogP contribution >= 0.6 is 0 Å². The van der Waals surface area contributed by atoms with Gasteiger partial charge in [-0.2, -0.15) is 0 Å². The molecule has 1 fully saturated rings. The van der Waals surface area contributed by atoms with Crippen LogP contribution < -0.4 is 10.1 Å². The summed E-state index contributed by atoms with van der Waals surface area (Å²) in [6.07, 6.45) is 0.506. The van der Waals surface area contributed by atoms with Crippen LogP contribution in [0.15, 0.2) is 66.7 Å². The van der Waals surface area contributed by atoms with E-state index >= 15 is 0 Å². The van der Waals surface area contributed by atoms with Crippen molar-refractivity contribution in [2.24, 2.45) is 0 Å². The number of fused-ring (bicyclic) bond motifs is 1. The lowest BCUT2D eigenvalue weighted by Crippen LogP contribution is -2.41. The molecule has 2 atom stereocenters. The van der Waals surface area contributed by atoms with Crippen LogP contribution in [-0.2, 0) is 4.79 Å². The lowest BCUT2D eigenvalue weighted by atomic mass is 9.88. The van der Waals surface area contributed by atoms with Gasteiger partial charge in [0.05, 0.1) is 0 Å². The average Bonchev–Trinajstić information content (AvgIpc) is 3.16. The summed E-state index contributed by atoms with van der Waals surface area (Å²) in [7, 11) is 1.59. The molecule has 1 saturated heterocycles. The molecule has 2 aliphatic heterocycles. The second-order valence-electron chi connectivity index (χ2n) is 8.16. The molecule has 3 aromatic rings. The van der Waals surface area contributed by atoms with Gasteiger partial charge in [0.25, 0.3) is 5.91 Å². The number of rotatable bonds is 4. The van der Waals surface area contributed by atoms with Gasteiger partial charge in [-0.15, -0.1) is 0 Å². The van der Waals surface area contributed by atoms with Crippen LogP contribution in [0.2, 0.25) is 0 Å². The zero-order valence-corrected chi connectivity index (χ0v) is 17.7. The molecule has 0 saturated carbocycles. The van der Waals surface area contributed by atoms with Crippen molar-refractivity contribution in [3.05, 3.63) is 89.2 Å². The summed E-state index contributed by atoms with van der Waals surface area (Å²) in [5.41, 5.74) is 3.97. The van der Waals surface area contributed by atoms with Gasteiger partial charge in [-0.05, 0) is 59.5 Å². The monoisotopic (exact) mass is 430 g/mol. The summed E-state index contributed by atoms with van der Waals surface area (Å²) in [5.74, 6) is -0.398. The Morgan fingerprint density at radius 1 is 1.00 bits per heavy atom. The Kier molecular flexibility index (Phi) is 5.13. The number of nitrogens with zero attached hydrogens (tertiary/aromatic N) is 1.